The summed E-state index contributed by atoms with van der Waals surface area (Å²) in [6, 6.07) is 9.43. The second-order valence-electron chi connectivity index (χ2n) is 4.75. The van der Waals surface area contributed by atoms with Crippen molar-refractivity contribution in [1.82, 2.24) is 10.2 Å². The highest BCUT2D eigenvalue weighted by atomic mass is 16.2. The molecule has 0 aromatic heterocycles. The Morgan fingerprint density at radius 1 is 1.47 bits per heavy atom. The van der Waals surface area contributed by atoms with E-state index in [1.165, 1.54) is 0 Å². The Hall–Kier alpha value is -1.90. The molecule has 0 spiro atoms. The summed E-state index contributed by atoms with van der Waals surface area (Å²) in [5, 5.41) is 14.8. The van der Waals surface area contributed by atoms with Gasteiger partial charge in [0, 0.05) is 24.8 Å². The van der Waals surface area contributed by atoms with Crippen molar-refractivity contribution in [3.05, 3.63) is 29.8 Å². The number of rotatable bonds is 4. The lowest BCUT2D eigenvalue weighted by Gasteiger charge is -2.15. The normalized spacial score (nSPS) is 19.1. The van der Waals surface area contributed by atoms with Gasteiger partial charge in [0.2, 0.25) is 5.91 Å². The molecule has 2 N–H and O–H groups in total. The molecule has 1 atom stereocenters. The fraction of sp³-hybridized carbons (Fsp3) is 0.429. The molecule has 5 nitrogen and oxygen atoms in total. The molecule has 0 radical (unpaired) electrons. The van der Waals surface area contributed by atoms with E-state index in [2.05, 4.69) is 15.5 Å². The summed E-state index contributed by atoms with van der Waals surface area (Å²) in [6.45, 7) is 2.28. The van der Waals surface area contributed by atoms with Crippen LogP contribution in [0.1, 0.15) is 12.0 Å². The van der Waals surface area contributed by atoms with E-state index >= 15 is 0 Å². The molecule has 19 heavy (non-hydrogen) atoms. The van der Waals surface area contributed by atoms with Crippen molar-refractivity contribution in [1.29, 1.82) is 5.26 Å². The Labute approximate surface area is 113 Å². The first-order valence-corrected chi connectivity index (χ1v) is 6.41. The second-order valence-corrected chi connectivity index (χ2v) is 4.75. The predicted octanol–water partition coefficient (Wildman–Crippen LogP) is 0.790. The lowest BCUT2D eigenvalue weighted by Crippen LogP contribution is -2.34. The van der Waals surface area contributed by atoms with Gasteiger partial charge in [-0.15, -0.1) is 0 Å². The minimum atomic E-state index is -0.0125. The molecule has 2 rings (SSSR count). The highest BCUT2D eigenvalue weighted by molar-refractivity contribution is 5.92. The highest BCUT2D eigenvalue weighted by Gasteiger charge is 2.22. The number of amides is 1. The fourth-order valence-electron chi connectivity index (χ4n) is 2.24. The smallest absolute Gasteiger partial charge is 0.238 e. The number of anilines is 1. The molecule has 1 aromatic carbocycles. The molecule has 1 amide bonds. The maximum Gasteiger partial charge on any atom is 0.238 e. The number of carbonyl (C=O) groups excluding carboxylic acids is 1. The van der Waals surface area contributed by atoms with Gasteiger partial charge in [0.25, 0.3) is 0 Å². The first-order chi connectivity index (χ1) is 9.21. The third-order valence-corrected chi connectivity index (χ3v) is 3.35. The molecule has 0 aliphatic carbocycles. The van der Waals surface area contributed by atoms with Crippen molar-refractivity contribution < 1.29 is 4.79 Å². The summed E-state index contributed by atoms with van der Waals surface area (Å²) in [6.07, 6.45) is 1.08. The second kappa shape index (κ2) is 6.32. The van der Waals surface area contributed by atoms with Gasteiger partial charge < -0.3 is 10.6 Å². The van der Waals surface area contributed by atoms with E-state index in [1.54, 1.807) is 24.3 Å². The molecule has 0 bridgehead atoms. The summed E-state index contributed by atoms with van der Waals surface area (Å²) in [4.78, 5) is 14.0. The molecule has 1 saturated heterocycles. The SMILES string of the molecule is CNC1CCN(CC(=O)Nc2ccc(C#N)cc2)C1. The van der Waals surface area contributed by atoms with Gasteiger partial charge in [-0.2, -0.15) is 5.26 Å². The fourth-order valence-corrected chi connectivity index (χ4v) is 2.24. The van der Waals surface area contributed by atoms with Gasteiger partial charge in [-0.05, 0) is 37.7 Å². The quantitative estimate of drug-likeness (QED) is 0.838. The van der Waals surface area contributed by atoms with Crippen LogP contribution in [0.5, 0.6) is 0 Å². The molecule has 1 heterocycles. The third kappa shape index (κ3) is 3.78. The Bertz CT molecular complexity index is 477. The molecule has 1 unspecified atom stereocenters. The molecule has 5 heteroatoms. The number of nitrogens with zero attached hydrogens (tertiary/aromatic N) is 2. The first kappa shape index (κ1) is 13.5. The number of likely N-dealkylation sites (N-methyl/N-ethyl adjacent to an activating group) is 1. The van der Waals surface area contributed by atoms with Crippen LogP contribution in [0.3, 0.4) is 0 Å². The standard InChI is InChI=1S/C14H18N4O/c1-16-13-6-7-18(9-13)10-14(19)17-12-4-2-11(8-15)3-5-12/h2-5,13,16H,6-7,9-10H2,1H3,(H,17,19). The van der Waals surface area contributed by atoms with Crippen molar-refractivity contribution in [3.8, 4) is 6.07 Å². The van der Waals surface area contributed by atoms with E-state index in [1.807, 2.05) is 13.1 Å². The molecular formula is C14H18N4O. The minimum Gasteiger partial charge on any atom is -0.325 e. The van der Waals surface area contributed by atoms with E-state index < -0.39 is 0 Å². The highest BCUT2D eigenvalue weighted by Crippen LogP contribution is 2.11. The largest absolute Gasteiger partial charge is 0.325 e. The summed E-state index contributed by atoms with van der Waals surface area (Å²) in [5.41, 5.74) is 1.32. The van der Waals surface area contributed by atoms with Crippen LogP contribution in [-0.4, -0.2) is 43.5 Å². The molecule has 1 aromatic rings. The van der Waals surface area contributed by atoms with Crippen LogP contribution < -0.4 is 10.6 Å². The topological polar surface area (TPSA) is 68.2 Å². The van der Waals surface area contributed by atoms with Gasteiger partial charge in [0.05, 0.1) is 18.2 Å². The monoisotopic (exact) mass is 258 g/mol. The lowest BCUT2D eigenvalue weighted by molar-refractivity contribution is -0.117. The summed E-state index contributed by atoms with van der Waals surface area (Å²) in [7, 11) is 1.95. The number of benzene rings is 1. The number of carbonyl (C=O) groups is 1. The van der Waals surface area contributed by atoms with Crippen LogP contribution in [0.4, 0.5) is 5.69 Å². The zero-order valence-corrected chi connectivity index (χ0v) is 11.0. The van der Waals surface area contributed by atoms with Crippen molar-refractivity contribution in [3.63, 3.8) is 0 Å². The van der Waals surface area contributed by atoms with Crippen LogP contribution >= 0.6 is 0 Å². The third-order valence-electron chi connectivity index (χ3n) is 3.35. The van der Waals surface area contributed by atoms with Gasteiger partial charge in [0.1, 0.15) is 0 Å². The van der Waals surface area contributed by atoms with Crippen molar-refractivity contribution >= 4 is 11.6 Å². The van der Waals surface area contributed by atoms with Crippen LogP contribution in [0.25, 0.3) is 0 Å². The van der Waals surface area contributed by atoms with Crippen molar-refractivity contribution in [2.24, 2.45) is 0 Å². The van der Waals surface area contributed by atoms with Crippen LogP contribution in [-0.2, 0) is 4.79 Å². The Morgan fingerprint density at radius 3 is 2.79 bits per heavy atom. The van der Waals surface area contributed by atoms with E-state index in [4.69, 9.17) is 5.26 Å². The zero-order chi connectivity index (χ0) is 13.7. The maximum atomic E-state index is 11.9. The van der Waals surface area contributed by atoms with E-state index in [0.29, 0.717) is 18.2 Å². The van der Waals surface area contributed by atoms with Gasteiger partial charge in [-0.3, -0.25) is 9.69 Å². The summed E-state index contributed by atoms with van der Waals surface area (Å²) >= 11 is 0. The van der Waals surface area contributed by atoms with Crippen LogP contribution in [0.2, 0.25) is 0 Å². The zero-order valence-electron chi connectivity index (χ0n) is 11.0. The molecule has 100 valence electrons. The van der Waals surface area contributed by atoms with Gasteiger partial charge in [0.15, 0.2) is 0 Å². The van der Waals surface area contributed by atoms with E-state index in [-0.39, 0.29) is 5.91 Å². The van der Waals surface area contributed by atoms with E-state index in [9.17, 15) is 4.79 Å². The predicted molar refractivity (Wildman–Crippen MR) is 73.7 cm³/mol. The lowest BCUT2D eigenvalue weighted by atomic mass is 10.2. The van der Waals surface area contributed by atoms with E-state index in [0.717, 1.165) is 25.2 Å². The number of nitrogens with one attached hydrogen (secondary N) is 2. The average Bonchev–Trinajstić information content (AvgIpc) is 2.87. The van der Waals surface area contributed by atoms with Crippen LogP contribution in [0, 0.1) is 11.3 Å². The number of nitriles is 1. The van der Waals surface area contributed by atoms with Crippen LogP contribution in [0.15, 0.2) is 24.3 Å². The van der Waals surface area contributed by atoms with Crippen molar-refractivity contribution in [2.45, 2.75) is 12.5 Å². The average molecular weight is 258 g/mol. The molecule has 1 aliphatic rings. The minimum absolute atomic E-state index is 0.0125. The molecule has 1 aliphatic heterocycles. The summed E-state index contributed by atoms with van der Waals surface area (Å²) in [5.74, 6) is -0.0125. The first-order valence-electron chi connectivity index (χ1n) is 6.41. The molecule has 1 fully saturated rings. The molecule has 0 saturated carbocycles. The Morgan fingerprint density at radius 2 is 2.21 bits per heavy atom. The summed E-state index contributed by atoms with van der Waals surface area (Å²) < 4.78 is 0. The van der Waals surface area contributed by atoms with Gasteiger partial charge >= 0.3 is 0 Å². The Kier molecular flexibility index (Phi) is 4.50. The Balaban J connectivity index is 1.82. The number of hydrogen-bond donors (Lipinski definition) is 2. The van der Waals surface area contributed by atoms with Crippen molar-refractivity contribution in [2.75, 3.05) is 32.0 Å². The number of hydrogen-bond acceptors (Lipinski definition) is 4. The van der Waals surface area contributed by atoms with Gasteiger partial charge in [-0.25, -0.2) is 0 Å². The maximum absolute atomic E-state index is 11.9. The molecular weight excluding hydrogens is 240 g/mol. The van der Waals surface area contributed by atoms with Gasteiger partial charge in [-0.1, -0.05) is 0 Å². The number of likely N-dealkylation sites (tertiary alicyclic amines) is 1.